The summed E-state index contributed by atoms with van der Waals surface area (Å²) in [6.07, 6.45) is 3.15. The third-order valence-corrected chi connectivity index (χ3v) is 6.30. The Bertz CT molecular complexity index is 599. The number of carbonyl (C=O) groups is 1. The molecule has 1 fully saturated rings. The SMILES string of the molecule is COC(=O)c1ncsc1S(=O)(=O)NC1CCCCCC1O. The molecule has 1 saturated carbocycles. The first-order chi connectivity index (χ1) is 9.95. The zero-order valence-electron chi connectivity index (χ0n) is 11.6. The average Bonchev–Trinajstić information content (AvgIpc) is 2.87. The highest BCUT2D eigenvalue weighted by atomic mass is 32.2. The van der Waals surface area contributed by atoms with Crippen LogP contribution in [-0.2, 0) is 14.8 Å². The van der Waals surface area contributed by atoms with Gasteiger partial charge in [0.15, 0.2) is 9.90 Å². The highest BCUT2D eigenvalue weighted by Crippen LogP contribution is 2.24. The van der Waals surface area contributed by atoms with Gasteiger partial charge in [-0.05, 0) is 12.8 Å². The summed E-state index contributed by atoms with van der Waals surface area (Å²) in [5.74, 6) is -0.793. The number of methoxy groups -OCH3 is 1. The van der Waals surface area contributed by atoms with Gasteiger partial charge in [-0.15, -0.1) is 11.3 Å². The molecule has 0 saturated heterocycles. The summed E-state index contributed by atoms with van der Waals surface area (Å²) < 4.78 is 31.6. The number of nitrogens with zero attached hydrogens (tertiary/aromatic N) is 1. The van der Waals surface area contributed by atoms with E-state index in [-0.39, 0.29) is 9.90 Å². The van der Waals surface area contributed by atoms with Gasteiger partial charge in [-0.1, -0.05) is 19.3 Å². The molecule has 2 unspecified atom stereocenters. The molecular formula is C12H18N2O5S2. The first kappa shape index (κ1) is 16.3. The number of rotatable bonds is 4. The number of thiazole rings is 1. The molecule has 9 heteroatoms. The molecule has 1 heterocycles. The minimum atomic E-state index is -3.91. The van der Waals surface area contributed by atoms with E-state index in [9.17, 15) is 18.3 Å². The van der Waals surface area contributed by atoms with Crippen molar-refractivity contribution in [1.29, 1.82) is 0 Å². The molecule has 0 bridgehead atoms. The Labute approximate surface area is 127 Å². The molecule has 0 amide bonds. The normalized spacial score (nSPS) is 23.5. The number of hydrogen-bond donors (Lipinski definition) is 2. The van der Waals surface area contributed by atoms with Crippen LogP contribution in [-0.4, -0.2) is 43.7 Å². The number of aliphatic hydroxyl groups excluding tert-OH is 1. The molecule has 0 spiro atoms. The number of sulfonamides is 1. The monoisotopic (exact) mass is 334 g/mol. The molecule has 1 aliphatic carbocycles. The lowest BCUT2D eigenvalue weighted by Gasteiger charge is -2.21. The minimum Gasteiger partial charge on any atom is -0.464 e. The molecule has 1 aliphatic rings. The van der Waals surface area contributed by atoms with Crippen LogP contribution in [0.15, 0.2) is 9.72 Å². The average molecular weight is 334 g/mol. The maximum absolute atomic E-state index is 12.4. The second-order valence-electron chi connectivity index (χ2n) is 4.91. The quantitative estimate of drug-likeness (QED) is 0.626. The Morgan fingerprint density at radius 2 is 2.14 bits per heavy atom. The zero-order chi connectivity index (χ0) is 15.5. The number of esters is 1. The van der Waals surface area contributed by atoms with Crippen molar-refractivity contribution in [1.82, 2.24) is 9.71 Å². The van der Waals surface area contributed by atoms with Gasteiger partial charge < -0.3 is 9.84 Å². The summed E-state index contributed by atoms with van der Waals surface area (Å²) in [6, 6.07) is -0.537. The van der Waals surface area contributed by atoms with Gasteiger partial charge in [0, 0.05) is 6.04 Å². The molecular weight excluding hydrogens is 316 g/mol. The lowest BCUT2D eigenvalue weighted by molar-refractivity contribution is 0.0590. The van der Waals surface area contributed by atoms with Crippen molar-refractivity contribution in [3.05, 3.63) is 11.2 Å². The predicted molar refractivity (Wildman–Crippen MR) is 76.7 cm³/mol. The highest BCUT2D eigenvalue weighted by molar-refractivity contribution is 7.91. The molecule has 118 valence electrons. The molecule has 7 nitrogen and oxygen atoms in total. The molecule has 0 radical (unpaired) electrons. The number of nitrogens with one attached hydrogen (secondary N) is 1. The fourth-order valence-electron chi connectivity index (χ4n) is 2.34. The summed E-state index contributed by atoms with van der Waals surface area (Å²) in [5.41, 5.74) is 1.06. The lowest BCUT2D eigenvalue weighted by atomic mass is 10.1. The summed E-state index contributed by atoms with van der Waals surface area (Å²) in [5, 5.41) is 10.0. The van der Waals surface area contributed by atoms with Gasteiger partial charge >= 0.3 is 5.97 Å². The number of aromatic nitrogens is 1. The van der Waals surface area contributed by atoms with Crippen LogP contribution >= 0.6 is 11.3 Å². The van der Waals surface area contributed by atoms with Gasteiger partial charge in [0.2, 0.25) is 0 Å². The van der Waals surface area contributed by atoms with Crippen molar-refractivity contribution in [2.24, 2.45) is 0 Å². The van der Waals surface area contributed by atoms with E-state index in [1.807, 2.05) is 0 Å². The van der Waals surface area contributed by atoms with Crippen LogP contribution in [0, 0.1) is 0 Å². The molecule has 0 aromatic carbocycles. The van der Waals surface area contributed by atoms with E-state index in [0.29, 0.717) is 12.8 Å². The molecule has 0 aliphatic heterocycles. The standard InChI is InChI=1S/C12H18N2O5S2/c1-19-11(16)10-12(20-7-13-10)21(17,18)14-8-5-3-2-4-6-9(8)15/h7-9,14-15H,2-6H2,1H3. The fourth-order valence-corrected chi connectivity index (χ4v) is 4.79. The van der Waals surface area contributed by atoms with E-state index >= 15 is 0 Å². The van der Waals surface area contributed by atoms with Crippen LogP contribution < -0.4 is 4.72 Å². The second-order valence-corrected chi connectivity index (χ2v) is 7.68. The van der Waals surface area contributed by atoms with E-state index in [1.165, 1.54) is 12.6 Å². The number of aliphatic hydroxyl groups is 1. The fraction of sp³-hybridized carbons (Fsp3) is 0.667. The van der Waals surface area contributed by atoms with Gasteiger partial charge in [-0.3, -0.25) is 0 Å². The lowest BCUT2D eigenvalue weighted by Crippen LogP contribution is -2.42. The van der Waals surface area contributed by atoms with Gasteiger partial charge in [0.05, 0.1) is 18.7 Å². The molecule has 2 atom stereocenters. The van der Waals surface area contributed by atoms with E-state index in [0.717, 1.165) is 30.6 Å². The second kappa shape index (κ2) is 6.82. The molecule has 21 heavy (non-hydrogen) atoms. The Morgan fingerprint density at radius 3 is 2.86 bits per heavy atom. The molecule has 2 rings (SSSR count). The van der Waals surface area contributed by atoms with E-state index in [4.69, 9.17) is 0 Å². The maximum atomic E-state index is 12.4. The van der Waals surface area contributed by atoms with Gasteiger partial charge in [0.1, 0.15) is 0 Å². The van der Waals surface area contributed by atoms with Crippen LogP contribution in [0.3, 0.4) is 0 Å². The largest absolute Gasteiger partial charge is 0.464 e. The Hall–Kier alpha value is -1.03. The third-order valence-electron chi connectivity index (χ3n) is 3.44. The molecule has 1 aromatic rings. The minimum absolute atomic E-state index is 0.175. The zero-order valence-corrected chi connectivity index (χ0v) is 13.2. The molecule has 1 aromatic heterocycles. The third kappa shape index (κ3) is 3.79. The maximum Gasteiger partial charge on any atom is 0.358 e. The van der Waals surface area contributed by atoms with E-state index in [2.05, 4.69) is 14.4 Å². The van der Waals surface area contributed by atoms with Crippen LogP contribution in [0.1, 0.15) is 42.6 Å². The Morgan fingerprint density at radius 1 is 1.43 bits per heavy atom. The van der Waals surface area contributed by atoms with Crippen LogP contribution in [0.2, 0.25) is 0 Å². The Balaban J connectivity index is 2.22. The highest BCUT2D eigenvalue weighted by Gasteiger charge is 2.31. The first-order valence-corrected chi connectivity index (χ1v) is 9.04. The summed E-state index contributed by atoms with van der Waals surface area (Å²) in [7, 11) is -2.74. The van der Waals surface area contributed by atoms with Crippen LogP contribution in [0.5, 0.6) is 0 Å². The summed E-state index contributed by atoms with van der Waals surface area (Å²) in [6.45, 7) is 0. The number of carbonyl (C=O) groups excluding carboxylic acids is 1. The predicted octanol–water partition coefficient (Wildman–Crippen LogP) is 0.902. The van der Waals surface area contributed by atoms with Crippen molar-refractivity contribution < 1.29 is 23.1 Å². The van der Waals surface area contributed by atoms with Crippen LogP contribution in [0.25, 0.3) is 0 Å². The summed E-state index contributed by atoms with van der Waals surface area (Å²) in [4.78, 5) is 15.3. The van der Waals surface area contributed by atoms with Crippen molar-refractivity contribution in [3.63, 3.8) is 0 Å². The van der Waals surface area contributed by atoms with Gasteiger partial charge in [-0.25, -0.2) is 22.9 Å². The number of ether oxygens (including phenoxy) is 1. The van der Waals surface area contributed by atoms with Gasteiger partial charge in [-0.2, -0.15) is 0 Å². The van der Waals surface area contributed by atoms with Crippen molar-refractivity contribution in [2.45, 2.75) is 48.5 Å². The number of hydrogen-bond acceptors (Lipinski definition) is 7. The topological polar surface area (TPSA) is 106 Å². The van der Waals surface area contributed by atoms with Gasteiger partial charge in [0.25, 0.3) is 10.0 Å². The van der Waals surface area contributed by atoms with Crippen LogP contribution in [0.4, 0.5) is 0 Å². The van der Waals surface area contributed by atoms with Crippen molar-refractivity contribution >= 4 is 27.3 Å². The molecule has 2 N–H and O–H groups in total. The van der Waals surface area contributed by atoms with Crippen molar-refractivity contribution in [2.75, 3.05) is 7.11 Å². The van der Waals surface area contributed by atoms with Crippen molar-refractivity contribution in [3.8, 4) is 0 Å². The Kier molecular flexibility index (Phi) is 5.31. The summed E-state index contributed by atoms with van der Waals surface area (Å²) >= 11 is 0.851. The van der Waals surface area contributed by atoms with E-state index in [1.54, 1.807) is 0 Å². The first-order valence-electron chi connectivity index (χ1n) is 6.68. The van der Waals surface area contributed by atoms with E-state index < -0.39 is 28.1 Å². The smallest absolute Gasteiger partial charge is 0.358 e.